The fourth-order valence-corrected chi connectivity index (χ4v) is 3.86. The molecule has 1 amide bonds. The van der Waals surface area contributed by atoms with Gasteiger partial charge in [0.2, 0.25) is 5.78 Å². The molecular formula is C23H28N6O2. The largest absolute Gasteiger partial charge is 0.352 e. The Bertz CT molecular complexity index is 1140. The second-order valence-electron chi connectivity index (χ2n) is 9.04. The van der Waals surface area contributed by atoms with Crippen LogP contribution in [0.15, 0.2) is 30.5 Å². The molecule has 0 saturated carbocycles. The van der Waals surface area contributed by atoms with E-state index >= 15 is 0 Å². The first-order chi connectivity index (χ1) is 14.6. The van der Waals surface area contributed by atoms with Gasteiger partial charge in [-0.3, -0.25) is 14.3 Å². The van der Waals surface area contributed by atoms with Crippen LogP contribution in [0, 0.1) is 6.92 Å². The molecule has 162 valence electrons. The van der Waals surface area contributed by atoms with Gasteiger partial charge < -0.3 is 9.80 Å². The number of amides is 1. The van der Waals surface area contributed by atoms with E-state index in [0.29, 0.717) is 37.6 Å². The number of carbonyl (C=O) groups excluding carboxylic acids is 2. The summed E-state index contributed by atoms with van der Waals surface area (Å²) in [5, 5.41) is 5.18. The molecule has 4 rings (SSSR count). The maximum atomic E-state index is 12.8. The standard InChI is InChI=1S/C23H28N6O2/c1-15-25-20-18(14-24-27(20)5)21(26-15)28-10-12-29(13-11-28)22(31)19(30)16-6-8-17(9-7-16)23(2,3)4/h6-9,14H,10-13H2,1-5H3. The van der Waals surface area contributed by atoms with Crippen LogP contribution in [-0.4, -0.2) is 62.5 Å². The van der Waals surface area contributed by atoms with E-state index in [9.17, 15) is 9.59 Å². The molecule has 0 aliphatic carbocycles. The van der Waals surface area contributed by atoms with Crippen molar-refractivity contribution < 1.29 is 9.59 Å². The second kappa shape index (κ2) is 7.76. The van der Waals surface area contributed by atoms with Crippen molar-refractivity contribution in [1.29, 1.82) is 0 Å². The molecular weight excluding hydrogens is 392 g/mol. The van der Waals surface area contributed by atoms with Crippen LogP contribution in [0.25, 0.3) is 11.0 Å². The quantitative estimate of drug-likeness (QED) is 0.478. The van der Waals surface area contributed by atoms with Crippen molar-refractivity contribution in [3.63, 3.8) is 0 Å². The average Bonchev–Trinajstić information content (AvgIpc) is 3.12. The van der Waals surface area contributed by atoms with E-state index in [-0.39, 0.29) is 5.41 Å². The molecule has 0 radical (unpaired) electrons. The number of aromatic nitrogens is 4. The topological polar surface area (TPSA) is 84.2 Å². The van der Waals surface area contributed by atoms with E-state index < -0.39 is 11.7 Å². The van der Waals surface area contributed by atoms with Gasteiger partial charge in [0.15, 0.2) is 5.65 Å². The number of aryl methyl sites for hydroxylation is 2. The van der Waals surface area contributed by atoms with Crippen LogP contribution in [-0.2, 0) is 17.3 Å². The third kappa shape index (κ3) is 4.02. The van der Waals surface area contributed by atoms with Gasteiger partial charge in [-0.05, 0) is 17.9 Å². The van der Waals surface area contributed by atoms with Crippen molar-refractivity contribution in [2.45, 2.75) is 33.1 Å². The molecule has 8 nitrogen and oxygen atoms in total. The van der Waals surface area contributed by atoms with Gasteiger partial charge >= 0.3 is 0 Å². The van der Waals surface area contributed by atoms with Crippen molar-refractivity contribution in [1.82, 2.24) is 24.6 Å². The lowest BCUT2D eigenvalue weighted by atomic mass is 9.86. The molecule has 0 bridgehead atoms. The summed E-state index contributed by atoms with van der Waals surface area (Å²) in [5.74, 6) is 0.597. The molecule has 1 aliphatic rings. The summed E-state index contributed by atoms with van der Waals surface area (Å²) in [6, 6.07) is 7.35. The molecule has 0 unspecified atom stereocenters. The molecule has 0 spiro atoms. The van der Waals surface area contributed by atoms with Crippen LogP contribution < -0.4 is 4.90 Å². The van der Waals surface area contributed by atoms with Gasteiger partial charge in [-0.15, -0.1) is 0 Å². The second-order valence-corrected chi connectivity index (χ2v) is 9.04. The number of ketones is 1. The summed E-state index contributed by atoms with van der Waals surface area (Å²) in [6.45, 7) is 10.3. The van der Waals surface area contributed by atoms with Crippen LogP contribution in [0.4, 0.5) is 5.82 Å². The molecule has 1 aromatic carbocycles. The van der Waals surface area contributed by atoms with Gasteiger partial charge in [-0.1, -0.05) is 45.0 Å². The number of Topliss-reactive ketones (excluding diaryl/α,β-unsaturated/α-hetero) is 1. The van der Waals surface area contributed by atoms with E-state index in [1.807, 2.05) is 26.1 Å². The average molecular weight is 421 g/mol. The van der Waals surface area contributed by atoms with Crippen LogP contribution in [0.5, 0.6) is 0 Å². The zero-order valence-corrected chi connectivity index (χ0v) is 18.7. The Labute approximate surface area is 181 Å². The highest BCUT2D eigenvalue weighted by atomic mass is 16.2. The zero-order chi connectivity index (χ0) is 22.3. The number of piperazine rings is 1. The summed E-state index contributed by atoms with van der Waals surface area (Å²) in [7, 11) is 1.86. The normalized spacial score (nSPS) is 14.9. The fourth-order valence-electron chi connectivity index (χ4n) is 3.86. The van der Waals surface area contributed by atoms with E-state index in [1.54, 1.807) is 27.9 Å². The lowest BCUT2D eigenvalue weighted by Crippen LogP contribution is -2.51. The van der Waals surface area contributed by atoms with Gasteiger partial charge in [-0.2, -0.15) is 5.10 Å². The first-order valence-corrected chi connectivity index (χ1v) is 10.5. The van der Waals surface area contributed by atoms with Crippen LogP contribution >= 0.6 is 0 Å². The highest BCUT2D eigenvalue weighted by Gasteiger charge is 2.28. The van der Waals surface area contributed by atoms with Crippen molar-refractivity contribution in [3.8, 4) is 0 Å². The molecule has 1 aliphatic heterocycles. The summed E-state index contributed by atoms with van der Waals surface area (Å²) in [5.41, 5.74) is 2.35. The van der Waals surface area contributed by atoms with Crippen molar-refractivity contribution >= 4 is 28.5 Å². The van der Waals surface area contributed by atoms with Crippen molar-refractivity contribution in [2.24, 2.45) is 7.05 Å². The maximum absolute atomic E-state index is 12.8. The lowest BCUT2D eigenvalue weighted by Gasteiger charge is -2.35. The predicted octanol–water partition coefficient (Wildman–Crippen LogP) is 2.50. The number of rotatable bonds is 3. The number of carbonyl (C=O) groups is 2. The van der Waals surface area contributed by atoms with Gasteiger partial charge in [-0.25, -0.2) is 9.97 Å². The third-order valence-electron chi connectivity index (χ3n) is 5.76. The number of anilines is 1. The van der Waals surface area contributed by atoms with Crippen LogP contribution in [0.3, 0.4) is 0 Å². The first-order valence-electron chi connectivity index (χ1n) is 10.5. The molecule has 8 heteroatoms. The monoisotopic (exact) mass is 420 g/mol. The predicted molar refractivity (Wildman–Crippen MR) is 119 cm³/mol. The van der Waals surface area contributed by atoms with Gasteiger partial charge in [0.25, 0.3) is 5.91 Å². The minimum absolute atomic E-state index is 0.000948. The van der Waals surface area contributed by atoms with E-state index in [4.69, 9.17) is 0 Å². The first kappa shape index (κ1) is 21.0. The Morgan fingerprint density at radius 1 is 0.968 bits per heavy atom. The SMILES string of the molecule is Cc1nc(N2CCN(C(=O)C(=O)c3ccc(C(C)(C)C)cc3)CC2)c2cnn(C)c2n1. The number of benzene rings is 1. The summed E-state index contributed by atoms with van der Waals surface area (Å²) in [6.07, 6.45) is 1.77. The highest BCUT2D eigenvalue weighted by molar-refractivity contribution is 6.42. The van der Waals surface area contributed by atoms with Gasteiger partial charge in [0, 0.05) is 38.8 Å². The zero-order valence-electron chi connectivity index (χ0n) is 18.7. The number of hydrogen-bond acceptors (Lipinski definition) is 6. The smallest absolute Gasteiger partial charge is 0.295 e. The van der Waals surface area contributed by atoms with Crippen molar-refractivity contribution in [3.05, 3.63) is 47.4 Å². The molecule has 0 N–H and O–H groups in total. The minimum atomic E-state index is -0.457. The molecule has 0 atom stereocenters. The molecule has 31 heavy (non-hydrogen) atoms. The number of nitrogens with zero attached hydrogens (tertiary/aromatic N) is 6. The molecule has 1 saturated heterocycles. The fraction of sp³-hybridized carbons (Fsp3) is 0.435. The molecule has 3 aromatic rings. The molecule has 1 fully saturated rings. The maximum Gasteiger partial charge on any atom is 0.295 e. The Balaban J connectivity index is 1.45. The summed E-state index contributed by atoms with van der Waals surface area (Å²) < 4.78 is 1.73. The minimum Gasteiger partial charge on any atom is -0.352 e. The number of fused-ring (bicyclic) bond motifs is 1. The molecule has 2 aromatic heterocycles. The molecule has 3 heterocycles. The van der Waals surface area contributed by atoms with Gasteiger partial charge in [0.05, 0.1) is 11.6 Å². The van der Waals surface area contributed by atoms with Crippen molar-refractivity contribution in [2.75, 3.05) is 31.1 Å². The van der Waals surface area contributed by atoms with Crippen LogP contribution in [0.1, 0.15) is 42.5 Å². The highest BCUT2D eigenvalue weighted by Crippen LogP contribution is 2.25. The van der Waals surface area contributed by atoms with Crippen LogP contribution in [0.2, 0.25) is 0 Å². The number of hydrogen-bond donors (Lipinski definition) is 0. The third-order valence-corrected chi connectivity index (χ3v) is 5.76. The Hall–Kier alpha value is -3.29. The Morgan fingerprint density at radius 3 is 2.23 bits per heavy atom. The van der Waals surface area contributed by atoms with E-state index in [1.165, 1.54) is 0 Å². The Kier molecular flexibility index (Phi) is 5.24. The summed E-state index contributed by atoms with van der Waals surface area (Å²) in [4.78, 5) is 38.4. The summed E-state index contributed by atoms with van der Waals surface area (Å²) >= 11 is 0. The van der Waals surface area contributed by atoms with Gasteiger partial charge in [0.1, 0.15) is 11.6 Å². The lowest BCUT2D eigenvalue weighted by molar-refractivity contribution is -0.126. The Morgan fingerprint density at radius 2 is 1.61 bits per heavy atom. The van der Waals surface area contributed by atoms with E-state index in [2.05, 4.69) is 40.7 Å². The van der Waals surface area contributed by atoms with E-state index in [0.717, 1.165) is 22.4 Å².